The van der Waals surface area contributed by atoms with Gasteiger partial charge in [-0.2, -0.15) is 0 Å². The van der Waals surface area contributed by atoms with Gasteiger partial charge in [-0.3, -0.25) is 4.90 Å². The quantitative estimate of drug-likeness (QED) is 0.807. The lowest BCUT2D eigenvalue weighted by atomic mass is 9.72. The second-order valence-electron chi connectivity index (χ2n) is 9.71. The predicted molar refractivity (Wildman–Crippen MR) is 109 cm³/mol. The number of hydrogen-bond acceptors (Lipinski definition) is 4. The Hall–Kier alpha value is -1.10. The second-order valence-corrected chi connectivity index (χ2v) is 9.71. The summed E-state index contributed by atoms with van der Waals surface area (Å²) >= 11 is 0. The lowest BCUT2D eigenvalue weighted by molar-refractivity contribution is 0.0504. The largest absolute Gasteiger partial charge is 0.491 e. The molecule has 1 aromatic carbocycles. The summed E-state index contributed by atoms with van der Waals surface area (Å²) in [6.07, 6.45) is 0.680. The van der Waals surface area contributed by atoms with Gasteiger partial charge >= 0.3 is 0 Å². The molecule has 0 aliphatic carbocycles. The van der Waals surface area contributed by atoms with Gasteiger partial charge in [-0.15, -0.1) is 0 Å². The lowest BCUT2D eigenvalue weighted by Crippen LogP contribution is -2.47. The number of aliphatic hydroxyl groups excluding tert-OH is 1. The van der Waals surface area contributed by atoms with Crippen LogP contribution < -0.4 is 4.74 Å². The molecule has 26 heavy (non-hydrogen) atoms. The van der Waals surface area contributed by atoms with Gasteiger partial charge in [-0.1, -0.05) is 46.8 Å². The van der Waals surface area contributed by atoms with E-state index in [-0.39, 0.29) is 5.41 Å². The average Bonchev–Trinajstić information content (AvgIpc) is 2.53. The van der Waals surface area contributed by atoms with E-state index >= 15 is 0 Å². The van der Waals surface area contributed by atoms with Crippen molar-refractivity contribution in [3.05, 3.63) is 29.8 Å². The van der Waals surface area contributed by atoms with Crippen molar-refractivity contribution < 1.29 is 9.84 Å². The van der Waals surface area contributed by atoms with Crippen LogP contribution in [0.25, 0.3) is 0 Å². The maximum atomic E-state index is 10.3. The molecule has 0 aromatic heterocycles. The van der Waals surface area contributed by atoms with Crippen molar-refractivity contribution in [2.75, 3.05) is 46.4 Å². The molecule has 0 saturated carbocycles. The number of benzene rings is 1. The van der Waals surface area contributed by atoms with Crippen LogP contribution in [-0.4, -0.2) is 67.4 Å². The highest BCUT2D eigenvalue weighted by Crippen LogP contribution is 2.36. The van der Waals surface area contributed by atoms with E-state index in [2.05, 4.69) is 63.6 Å². The van der Waals surface area contributed by atoms with Gasteiger partial charge in [0.2, 0.25) is 0 Å². The Kier molecular flexibility index (Phi) is 7.12. The lowest BCUT2D eigenvalue weighted by Gasteiger charge is -2.33. The van der Waals surface area contributed by atoms with Gasteiger partial charge in [-0.25, -0.2) is 0 Å². The fraction of sp³-hybridized carbons (Fsp3) is 0.727. The summed E-state index contributed by atoms with van der Waals surface area (Å²) in [5.41, 5.74) is 1.77. The van der Waals surface area contributed by atoms with Crippen LogP contribution in [0.3, 0.4) is 0 Å². The number of rotatable bonds is 7. The first-order chi connectivity index (χ1) is 12.0. The number of piperazine rings is 1. The molecule has 1 N–H and O–H groups in total. The van der Waals surface area contributed by atoms with Crippen molar-refractivity contribution in [2.45, 2.75) is 52.6 Å². The van der Waals surface area contributed by atoms with Crippen molar-refractivity contribution in [3.8, 4) is 5.75 Å². The van der Waals surface area contributed by atoms with Crippen LogP contribution >= 0.6 is 0 Å². The first-order valence-electron chi connectivity index (χ1n) is 9.87. The Morgan fingerprint density at radius 1 is 1.00 bits per heavy atom. The minimum absolute atomic E-state index is 0.137. The monoisotopic (exact) mass is 362 g/mol. The molecule has 4 heteroatoms. The first-order valence-corrected chi connectivity index (χ1v) is 9.87. The van der Waals surface area contributed by atoms with Crippen molar-refractivity contribution in [1.29, 1.82) is 0 Å². The molecule has 148 valence electrons. The summed E-state index contributed by atoms with van der Waals surface area (Å²) in [4.78, 5) is 4.63. The number of nitrogens with zero attached hydrogens (tertiary/aromatic N) is 2. The maximum Gasteiger partial charge on any atom is 0.119 e. The summed E-state index contributed by atoms with van der Waals surface area (Å²) < 4.78 is 5.81. The topological polar surface area (TPSA) is 35.9 Å². The van der Waals surface area contributed by atoms with Gasteiger partial charge in [0.25, 0.3) is 0 Å². The van der Waals surface area contributed by atoms with Gasteiger partial charge in [0.1, 0.15) is 18.5 Å². The van der Waals surface area contributed by atoms with E-state index in [9.17, 15) is 5.11 Å². The van der Waals surface area contributed by atoms with Crippen molar-refractivity contribution in [3.63, 3.8) is 0 Å². The number of β-amino-alcohol motifs (C(OH)–C–C–N with tert-alkyl or cyclic N) is 1. The molecule has 2 rings (SSSR count). The molecule has 1 heterocycles. The predicted octanol–water partition coefficient (Wildman–Crippen LogP) is 3.39. The number of hydrogen-bond donors (Lipinski definition) is 1. The van der Waals surface area contributed by atoms with E-state index in [0.717, 1.165) is 38.3 Å². The van der Waals surface area contributed by atoms with E-state index in [1.54, 1.807) is 0 Å². The van der Waals surface area contributed by atoms with Crippen molar-refractivity contribution >= 4 is 0 Å². The fourth-order valence-corrected chi connectivity index (χ4v) is 4.00. The molecule has 0 unspecified atom stereocenters. The zero-order chi connectivity index (χ0) is 19.4. The van der Waals surface area contributed by atoms with Crippen LogP contribution in [0.4, 0.5) is 0 Å². The van der Waals surface area contributed by atoms with Crippen LogP contribution in [0, 0.1) is 5.41 Å². The molecule has 4 nitrogen and oxygen atoms in total. The van der Waals surface area contributed by atoms with Crippen LogP contribution in [0.15, 0.2) is 24.3 Å². The van der Waals surface area contributed by atoms with E-state index in [4.69, 9.17) is 4.74 Å². The number of ether oxygens (including phenoxy) is 1. The van der Waals surface area contributed by atoms with Crippen LogP contribution in [0.1, 0.15) is 46.6 Å². The SMILES string of the molecule is CN1CCN(C[C@H](O)COc2ccc(C(C)(C)CC(C)(C)C)cc2)CC1. The minimum Gasteiger partial charge on any atom is -0.491 e. The molecule has 1 atom stereocenters. The van der Waals surface area contributed by atoms with E-state index < -0.39 is 6.10 Å². The molecular formula is C22H38N2O2. The van der Waals surface area contributed by atoms with E-state index in [1.165, 1.54) is 5.56 Å². The van der Waals surface area contributed by atoms with Crippen molar-refractivity contribution in [2.24, 2.45) is 5.41 Å². The van der Waals surface area contributed by atoms with Gasteiger partial charge in [0, 0.05) is 32.7 Å². The summed E-state index contributed by atoms with van der Waals surface area (Å²) in [5.74, 6) is 0.831. The Bertz CT molecular complexity index is 540. The zero-order valence-electron chi connectivity index (χ0n) is 17.6. The summed E-state index contributed by atoms with van der Waals surface area (Å²) in [5, 5.41) is 10.3. The second kappa shape index (κ2) is 8.73. The average molecular weight is 363 g/mol. The molecule has 1 fully saturated rings. The molecule has 0 amide bonds. The summed E-state index contributed by atoms with van der Waals surface area (Å²) in [6, 6.07) is 8.38. The third kappa shape index (κ3) is 6.90. The van der Waals surface area contributed by atoms with E-state index in [1.807, 2.05) is 12.1 Å². The molecule has 0 bridgehead atoms. The van der Waals surface area contributed by atoms with Crippen LogP contribution in [-0.2, 0) is 5.41 Å². The molecule has 1 saturated heterocycles. The number of aliphatic hydroxyl groups is 1. The standard InChI is InChI=1S/C22H38N2O2/c1-21(2,3)17-22(4,5)18-7-9-20(10-8-18)26-16-19(25)15-24-13-11-23(6)12-14-24/h7-10,19,25H,11-17H2,1-6H3/t19-/m0/s1. The molecule has 0 spiro atoms. The number of likely N-dealkylation sites (N-methyl/N-ethyl adjacent to an activating group) is 1. The Balaban J connectivity index is 1.81. The van der Waals surface area contributed by atoms with E-state index in [0.29, 0.717) is 18.6 Å². The van der Waals surface area contributed by atoms with Crippen LogP contribution in [0.5, 0.6) is 5.75 Å². The van der Waals surface area contributed by atoms with Crippen LogP contribution in [0.2, 0.25) is 0 Å². The Labute approximate surface area is 160 Å². The third-order valence-electron chi connectivity index (χ3n) is 5.12. The first kappa shape index (κ1) is 21.2. The summed E-state index contributed by atoms with van der Waals surface area (Å²) in [6.45, 7) is 16.7. The van der Waals surface area contributed by atoms with Crippen molar-refractivity contribution in [1.82, 2.24) is 9.80 Å². The zero-order valence-corrected chi connectivity index (χ0v) is 17.6. The summed E-state index contributed by atoms with van der Waals surface area (Å²) in [7, 11) is 2.14. The van der Waals surface area contributed by atoms with Gasteiger partial charge in [-0.05, 0) is 42.0 Å². The molecule has 1 aliphatic heterocycles. The fourth-order valence-electron chi connectivity index (χ4n) is 4.00. The third-order valence-corrected chi connectivity index (χ3v) is 5.12. The Morgan fingerprint density at radius 3 is 2.12 bits per heavy atom. The molecule has 0 radical (unpaired) electrons. The Morgan fingerprint density at radius 2 is 1.58 bits per heavy atom. The highest BCUT2D eigenvalue weighted by Gasteiger charge is 2.27. The minimum atomic E-state index is -0.449. The smallest absolute Gasteiger partial charge is 0.119 e. The maximum absolute atomic E-state index is 10.3. The normalized spacial score (nSPS) is 18.7. The van der Waals surface area contributed by atoms with Gasteiger partial charge < -0.3 is 14.7 Å². The molecule has 1 aliphatic rings. The molecule has 1 aromatic rings. The molecular weight excluding hydrogens is 324 g/mol. The highest BCUT2D eigenvalue weighted by molar-refractivity contribution is 5.31. The van der Waals surface area contributed by atoms with Gasteiger partial charge in [0.05, 0.1) is 0 Å². The highest BCUT2D eigenvalue weighted by atomic mass is 16.5. The van der Waals surface area contributed by atoms with Gasteiger partial charge in [0.15, 0.2) is 0 Å².